The summed E-state index contributed by atoms with van der Waals surface area (Å²) in [6.45, 7) is 6.46. The van der Waals surface area contributed by atoms with Gasteiger partial charge in [0.05, 0.1) is 16.4 Å². The van der Waals surface area contributed by atoms with Gasteiger partial charge < -0.3 is 14.6 Å². The first kappa shape index (κ1) is 27.4. The summed E-state index contributed by atoms with van der Waals surface area (Å²) in [7, 11) is 4.07. The minimum Gasteiger partial charge on any atom is -0.456 e. The molecule has 7 aromatic rings. The Balaban J connectivity index is 1.43. The van der Waals surface area contributed by atoms with Crippen molar-refractivity contribution in [2.24, 2.45) is 0 Å². The average Bonchev–Trinajstić information content (AvgIpc) is 3.38. The van der Waals surface area contributed by atoms with E-state index < -0.39 is 0 Å². The lowest BCUT2D eigenvalue weighted by atomic mass is 10.1. The van der Waals surface area contributed by atoms with Gasteiger partial charge in [-0.15, -0.1) is 0 Å². The largest absolute Gasteiger partial charge is 0.456 e. The molecule has 0 fully saturated rings. The zero-order chi connectivity index (χ0) is 30.6. The van der Waals surface area contributed by atoms with Gasteiger partial charge in [0.2, 0.25) is 0 Å². The average molecular weight is 580 g/mol. The van der Waals surface area contributed by atoms with Gasteiger partial charge in [0.1, 0.15) is 28.5 Å². The van der Waals surface area contributed by atoms with E-state index in [1.807, 2.05) is 74.8 Å². The van der Waals surface area contributed by atoms with Gasteiger partial charge in [-0.25, -0.2) is 9.97 Å². The molecule has 4 aromatic carbocycles. The van der Waals surface area contributed by atoms with Crippen LogP contribution in [0.4, 0.5) is 11.5 Å². The molecule has 0 aliphatic rings. The fraction of sp³-hybridized carbons (Fsp3) is 0.162. The highest BCUT2D eigenvalue weighted by molar-refractivity contribution is 5.92. The number of fused-ring (bicyclic) bond motifs is 4. The highest BCUT2D eigenvalue weighted by atomic mass is 16.3. The third kappa shape index (κ3) is 4.86. The lowest BCUT2D eigenvalue weighted by Gasteiger charge is -2.23. The molecule has 7 heteroatoms. The Morgan fingerprint density at radius 1 is 0.750 bits per heavy atom. The van der Waals surface area contributed by atoms with E-state index in [4.69, 9.17) is 14.4 Å². The van der Waals surface area contributed by atoms with Gasteiger partial charge in [0, 0.05) is 48.1 Å². The molecule has 3 heterocycles. The molecular weight excluding hydrogens is 546 g/mol. The van der Waals surface area contributed by atoms with Crippen LogP contribution in [0, 0.1) is 0 Å². The van der Waals surface area contributed by atoms with Gasteiger partial charge in [0.25, 0.3) is 0 Å². The number of hydrogen-bond donors (Lipinski definition) is 1. The summed E-state index contributed by atoms with van der Waals surface area (Å²) in [5.41, 5.74) is 8.37. The summed E-state index contributed by atoms with van der Waals surface area (Å²) in [4.78, 5) is 25.2. The molecule has 0 aliphatic heterocycles. The lowest BCUT2D eigenvalue weighted by molar-refractivity contribution is 0.619. The summed E-state index contributed by atoms with van der Waals surface area (Å²) in [5.74, 6) is 1.44. The topological polar surface area (TPSA) is 75.7 Å². The number of rotatable bonds is 5. The molecule has 0 spiro atoms. The third-order valence-electron chi connectivity index (χ3n) is 7.67. The van der Waals surface area contributed by atoms with Crippen LogP contribution in [-0.2, 0) is 0 Å². The van der Waals surface area contributed by atoms with E-state index in [0.29, 0.717) is 16.7 Å². The van der Waals surface area contributed by atoms with Crippen LogP contribution in [0.2, 0.25) is 0 Å². The van der Waals surface area contributed by atoms with E-state index in [1.54, 1.807) is 12.1 Å². The molecule has 0 radical (unpaired) electrons. The molecule has 7 nitrogen and oxygen atoms in total. The van der Waals surface area contributed by atoms with Crippen LogP contribution >= 0.6 is 0 Å². The Morgan fingerprint density at radius 3 is 2.11 bits per heavy atom. The summed E-state index contributed by atoms with van der Waals surface area (Å²) in [6.07, 6.45) is 0. The summed E-state index contributed by atoms with van der Waals surface area (Å²) >= 11 is 0. The van der Waals surface area contributed by atoms with E-state index in [0.717, 1.165) is 56.3 Å². The molecule has 0 saturated carbocycles. The Labute approximate surface area is 255 Å². The molecule has 3 aromatic heterocycles. The number of nitrogens with zero attached hydrogens (tertiary/aromatic N) is 4. The van der Waals surface area contributed by atoms with Crippen molar-refractivity contribution in [1.29, 1.82) is 0 Å². The van der Waals surface area contributed by atoms with Crippen molar-refractivity contribution in [3.63, 3.8) is 0 Å². The molecule has 7 rings (SSSR count). The van der Waals surface area contributed by atoms with Crippen LogP contribution in [-0.4, -0.2) is 34.0 Å². The van der Waals surface area contributed by atoms with Gasteiger partial charge in [0.15, 0.2) is 11.1 Å². The fourth-order valence-electron chi connectivity index (χ4n) is 5.55. The second-order valence-corrected chi connectivity index (χ2v) is 12.3. The van der Waals surface area contributed by atoms with Crippen LogP contribution < -0.4 is 15.6 Å². The molecule has 0 aliphatic carbocycles. The minimum absolute atomic E-state index is 0.0637. The third-order valence-corrected chi connectivity index (χ3v) is 7.67. The maximum absolute atomic E-state index is 12.7. The van der Waals surface area contributed by atoms with E-state index in [2.05, 4.69) is 65.7 Å². The maximum Gasteiger partial charge on any atom is 0.193 e. The first-order valence-corrected chi connectivity index (χ1v) is 14.7. The Hall–Kier alpha value is -5.43. The first-order valence-electron chi connectivity index (χ1n) is 14.7. The lowest BCUT2D eigenvalue weighted by Crippen LogP contribution is -2.27. The molecule has 44 heavy (non-hydrogen) atoms. The Kier molecular flexibility index (Phi) is 6.47. The van der Waals surface area contributed by atoms with Gasteiger partial charge in [-0.3, -0.25) is 9.20 Å². The van der Waals surface area contributed by atoms with E-state index in [-0.39, 0.29) is 11.0 Å². The van der Waals surface area contributed by atoms with Crippen molar-refractivity contribution in [1.82, 2.24) is 14.4 Å². The monoisotopic (exact) mass is 579 g/mol. The summed E-state index contributed by atoms with van der Waals surface area (Å²) in [6, 6.07) is 33.4. The van der Waals surface area contributed by atoms with E-state index in [1.165, 1.54) is 0 Å². The summed E-state index contributed by atoms with van der Waals surface area (Å²) in [5, 5.41) is 4.32. The highest BCUT2D eigenvalue weighted by Crippen LogP contribution is 2.37. The fourth-order valence-corrected chi connectivity index (χ4v) is 5.55. The van der Waals surface area contributed by atoms with Gasteiger partial charge in [-0.1, -0.05) is 60.7 Å². The van der Waals surface area contributed by atoms with Crippen LogP contribution in [0.5, 0.6) is 0 Å². The van der Waals surface area contributed by atoms with Crippen LogP contribution in [0.25, 0.3) is 61.5 Å². The molecule has 0 amide bonds. The van der Waals surface area contributed by atoms with Crippen molar-refractivity contribution in [2.45, 2.75) is 26.3 Å². The smallest absolute Gasteiger partial charge is 0.193 e. The van der Waals surface area contributed by atoms with Gasteiger partial charge in [-0.2, -0.15) is 0 Å². The van der Waals surface area contributed by atoms with Crippen LogP contribution in [0.15, 0.2) is 112 Å². The molecule has 218 valence electrons. The Morgan fingerprint density at radius 2 is 1.39 bits per heavy atom. The van der Waals surface area contributed by atoms with Crippen molar-refractivity contribution in [3.8, 4) is 33.8 Å². The number of hydrogen-bond acceptors (Lipinski definition) is 6. The molecule has 1 N–H and O–H groups in total. The van der Waals surface area contributed by atoms with Crippen LogP contribution in [0.1, 0.15) is 20.8 Å². The number of benzene rings is 4. The number of aromatic nitrogens is 3. The number of anilines is 2. The zero-order valence-electron chi connectivity index (χ0n) is 25.4. The molecule has 0 saturated heterocycles. The number of nitrogens with one attached hydrogen (secondary N) is 1. The quantitative estimate of drug-likeness (QED) is 0.221. The first-order chi connectivity index (χ1) is 21.2. The normalized spacial score (nSPS) is 11.8. The molecule has 0 bridgehead atoms. The van der Waals surface area contributed by atoms with Crippen molar-refractivity contribution < 1.29 is 4.42 Å². The van der Waals surface area contributed by atoms with E-state index in [9.17, 15) is 4.79 Å². The van der Waals surface area contributed by atoms with Crippen molar-refractivity contribution >= 4 is 39.2 Å². The second kappa shape index (κ2) is 10.4. The van der Waals surface area contributed by atoms with Crippen molar-refractivity contribution in [3.05, 3.63) is 113 Å². The molecular formula is C37H33N5O2. The minimum atomic E-state index is -0.218. The number of imidazole rings is 1. The molecule has 0 unspecified atom stereocenters. The summed E-state index contributed by atoms with van der Waals surface area (Å²) < 4.78 is 8.29. The van der Waals surface area contributed by atoms with Crippen LogP contribution in [0.3, 0.4) is 0 Å². The molecule has 0 atom stereocenters. The maximum atomic E-state index is 12.7. The predicted octanol–water partition coefficient (Wildman–Crippen LogP) is 8.27. The zero-order valence-corrected chi connectivity index (χ0v) is 25.4. The predicted molar refractivity (Wildman–Crippen MR) is 181 cm³/mol. The van der Waals surface area contributed by atoms with Gasteiger partial charge >= 0.3 is 0 Å². The standard InChI is InChI=1S/C37H33N5O2/c1-37(2,3)40-36-34(25-18-20-26(21-19-25)41(4)5)39-35-33(38-28-11-7-8-12-29(28)42(35)36)24-16-14-23(15-17-24)32-22-30(43)27-10-6-9-13-31(27)44-32/h6-22,40H,1-5H3. The second-order valence-electron chi connectivity index (χ2n) is 12.3. The Bertz CT molecular complexity index is 2220. The highest BCUT2D eigenvalue weighted by Gasteiger charge is 2.24. The SMILES string of the molecule is CN(C)c1ccc(-c2nc3c(-c4ccc(-c5cc(=O)c6ccccc6o5)cc4)nc4ccccc4n3c2NC(C)(C)C)cc1. The van der Waals surface area contributed by atoms with E-state index >= 15 is 0 Å². The van der Waals surface area contributed by atoms with Gasteiger partial charge in [-0.05, 0) is 57.2 Å². The van der Waals surface area contributed by atoms with Crippen molar-refractivity contribution in [2.75, 3.05) is 24.3 Å². The number of para-hydroxylation sites is 3.